The van der Waals surface area contributed by atoms with E-state index in [1.165, 1.54) is 0 Å². The zero-order valence-corrected chi connectivity index (χ0v) is 10.9. The summed E-state index contributed by atoms with van der Waals surface area (Å²) in [5, 5.41) is 0. The molecule has 0 aliphatic carbocycles. The molecule has 1 rings (SSSR count). The molecule has 0 heterocycles. The van der Waals surface area contributed by atoms with E-state index < -0.39 is 46.1 Å². The van der Waals surface area contributed by atoms with Crippen molar-refractivity contribution in [3.05, 3.63) is 23.8 Å². The number of anilines is 1. The fourth-order valence-corrected chi connectivity index (χ4v) is 2.46. The third-order valence-electron chi connectivity index (χ3n) is 2.07. The number of hydrogen-bond acceptors (Lipinski definition) is 4. The number of benzene rings is 1. The number of halogens is 4. The third-order valence-corrected chi connectivity index (χ3v) is 3.58. The Morgan fingerprint density at radius 1 is 1.25 bits per heavy atom. The molecule has 0 aromatic heterocycles. The number of rotatable bonds is 7. The first-order chi connectivity index (χ1) is 9.24. The van der Waals surface area contributed by atoms with Gasteiger partial charge in [-0.25, -0.2) is 30.7 Å². The highest BCUT2D eigenvalue weighted by Crippen LogP contribution is 2.21. The molecule has 0 aliphatic heterocycles. The minimum absolute atomic E-state index is 0.265. The molecule has 0 spiro atoms. The van der Waals surface area contributed by atoms with E-state index >= 15 is 0 Å². The van der Waals surface area contributed by atoms with Crippen molar-refractivity contribution in [2.24, 2.45) is 0 Å². The van der Waals surface area contributed by atoms with Gasteiger partial charge in [0, 0.05) is 12.2 Å². The molecule has 0 radical (unpaired) electrons. The van der Waals surface area contributed by atoms with Crippen molar-refractivity contribution in [1.29, 1.82) is 0 Å². The quantitative estimate of drug-likeness (QED) is 0.448. The second-order valence-corrected chi connectivity index (χ2v) is 5.38. The molecule has 1 aromatic rings. The lowest BCUT2D eigenvalue weighted by molar-refractivity contribution is 0.0199. The van der Waals surface area contributed by atoms with Gasteiger partial charge in [-0.1, -0.05) is 0 Å². The van der Waals surface area contributed by atoms with Crippen LogP contribution in [0.1, 0.15) is 0 Å². The van der Waals surface area contributed by atoms with Crippen molar-refractivity contribution in [3.63, 3.8) is 0 Å². The summed E-state index contributed by atoms with van der Waals surface area (Å²) in [6.45, 7) is -1.62. The number of nitrogens with two attached hydrogens (primary N) is 1. The molecule has 114 valence electrons. The number of alkyl halides is 2. The van der Waals surface area contributed by atoms with Crippen molar-refractivity contribution in [1.82, 2.24) is 4.72 Å². The van der Waals surface area contributed by atoms with Crippen LogP contribution < -0.4 is 10.5 Å². The highest BCUT2D eigenvalue weighted by atomic mass is 32.2. The van der Waals surface area contributed by atoms with Crippen LogP contribution in [0, 0.1) is 11.6 Å². The number of ether oxygens (including phenoxy) is 1. The number of nitrogens with one attached hydrogen (secondary N) is 1. The molecule has 0 amide bonds. The highest BCUT2D eigenvalue weighted by Gasteiger charge is 2.24. The van der Waals surface area contributed by atoms with Crippen LogP contribution >= 0.6 is 0 Å². The number of nitrogen functional groups attached to an aromatic ring is 1. The Balaban J connectivity index is 2.70. The van der Waals surface area contributed by atoms with Crippen molar-refractivity contribution in [2.75, 3.05) is 25.5 Å². The van der Waals surface area contributed by atoms with E-state index in [2.05, 4.69) is 4.74 Å². The van der Waals surface area contributed by atoms with Gasteiger partial charge in [-0.3, -0.25) is 0 Å². The molecular weight excluding hydrogens is 304 g/mol. The molecule has 0 atom stereocenters. The molecule has 0 saturated heterocycles. The van der Waals surface area contributed by atoms with Crippen molar-refractivity contribution in [2.45, 2.75) is 11.3 Å². The molecule has 0 fully saturated rings. The molecule has 0 aliphatic rings. The van der Waals surface area contributed by atoms with Crippen LogP contribution in [-0.4, -0.2) is 34.6 Å². The molecule has 3 N–H and O–H groups in total. The van der Waals surface area contributed by atoms with Gasteiger partial charge >= 0.3 is 0 Å². The Kier molecular flexibility index (Phi) is 5.72. The topological polar surface area (TPSA) is 81.4 Å². The average molecular weight is 316 g/mol. The van der Waals surface area contributed by atoms with Crippen LogP contribution in [0.5, 0.6) is 0 Å². The lowest BCUT2D eigenvalue weighted by Gasteiger charge is -2.09. The summed E-state index contributed by atoms with van der Waals surface area (Å²) in [4.78, 5) is -1.18. The Hall–Kier alpha value is -1.39. The van der Waals surface area contributed by atoms with Crippen molar-refractivity contribution < 1.29 is 30.7 Å². The maximum atomic E-state index is 13.4. The van der Waals surface area contributed by atoms with Gasteiger partial charge in [0.15, 0.2) is 4.90 Å². The molecule has 0 bridgehead atoms. The van der Waals surface area contributed by atoms with Gasteiger partial charge < -0.3 is 10.5 Å². The van der Waals surface area contributed by atoms with Crippen LogP contribution in [0.2, 0.25) is 0 Å². The smallest absolute Gasteiger partial charge is 0.261 e. The van der Waals surface area contributed by atoms with E-state index in [0.717, 1.165) is 0 Å². The molecule has 10 heteroatoms. The minimum atomic E-state index is -4.46. The largest absolute Gasteiger partial charge is 0.399 e. The molecule has 0 unspecified atom stereocenters. The summed E-state index contributed by atoms with van der Waals surface area (Å²) in [5.41, 5.74) is 4.89. The average Bonchev–Trinajstić information content (AvgIpc) is 2.25. The summed E-state index contributed by atoms with van der Waals surface area (Å²) in [6, 6.07) is 1.32. The predicted molar refractivity (Wildman–Crippen MR) is 62.8 cm³/mol. The summed E-state index contributed by atoms with van der Waals surface area (Å²) in [7, 11) is -4.46. The highest BCUT2D eigenvalue weighted by molar-refractivity contribution is 7.89. The number of hydrogen-bond donors (Lipinski definition) is 2. The van der Waals surface area contributed by atoms with Gasteiger partial charge in [-0.15, -0.1) is 0 Å². The fraction of sp³-hybridized carbons (Fsp3) is 0.400. The standard InChI is InChI=1S/C10H12F4N2O3S/c11-7-3-6(15)4-8(12)10(7)20(17,18)16-1-2-19-5-9(13)14/h3-4,9,16H,1-2,5,15H2. The van der Waals surface area contributed by atoms with Gasteiger partial charge in [0.2, 0.25) is 10.0 Å². The summed E-state index contributed by atoms with van der Waals surface area (Å²) < 4.78 is 79.8. The molecule has 0 saturated carbocycles. The van der Waals surface area contributed by atoms with Gasteiger partial charge in [0.1, 0.15) is 18.2 Å². The SMILES string of the molecule is Nc1cc(F)c(S(=O)(=O)NCCOCC(F)F)c(F)c1. The van der Waals surface area contributed by atoms with Gasteiger partial charge in [0.25, 0.3) is 6.43 Å². The van der Waals surface area contributed by atoms with E-state index in [1.807, 2.05) is 4.72 Å². The van der Waals surface area contributed by atoms with Crippen molar-refractivity contribution in [3.8, 4) is 0 Å². The zero-order valence-electron chi connectivity index (χ0n) is 10.1. The third kappa shape index (κ3) is 4.62. The molecular formula is C10H12F4N2O3S. The summed E-state index contributed by atoms with van der Waals surface area (Å²) in [5.74, 6) is -2.69. The first-order valence-electron chi connectivity index (χ1n) is 5.34. The van der Waals surface area contributed by atoms with E-state index in [4.69, 9.17) is 5.73 Å². The van der Waals surface area contributed by atoms with E-state index in [0.29, 0.717) is 12.1 Å². The lowest BCUT2D eigenvalue weighted by Crippen LogP contribution is -2.29. The van der Waals surface area contributed by atoms with Crippen LogP contribution in [0.4, 0.5) is 23.2 Å². The Labute approximate surface area is 112 Å². The Morgan fingerprint density at radius 3 is 2.30 bits per heavy atom. The van der Waals surface area contributed by atoms with Crippen LogP contribution in [0.25, 0.3) is 0 Å². The maximum Gasteiger partial charge on any atom is 0.261 e. The van der Waals surface area contributed by atoms with Crippen LogP contribution in [0.15, 0.2) is 17.0 Å². The van der Waals surface area contributed by atoms with E-state index in [9.17, 15) is 26.0 Å². The van der Waals surface area contributed by atoms with Crippen molar-refractivity contribution >= 4 is 15.7 Å². The van der Waals surface area contributed by atoms with Gasteiger partial charge in [-0.05, 0) is 12.1 Å². The van der Waals surface area contributed by atoms with E-state index in [1.54, 1.807) is 0 Å². The summed E-state index contributed by atoms with van der Waals surface area (Å²) in [6.07, 6.45) is -2.68. The predicted octanol–water partition coefficient (Wildman–Crippen LogP) is 1.11. The first kappa shape index (κ1) is 16.7. The normalized spacial score (nSPS) is 12.1. The Morgan fingerprint density at radius 2 is 1.80 bits per heavy atom. The first-order valence-corrected chi connectivity index (χ1v) is 6.82. The number of sulfonamides is 1. The minimum Gasteiger partial charge on any atom is -0.399 e. The second-order valence-electron chi connectivity index (χ2n) is 3.68. The summed E-state index contributed by atoms with van der Waals surface area (Å²) >= 11 is 0. The van der Waals surface area contributed by atoms with Gasteiger partial charge in [0.05, 0.1) is 6.61 Å². The fourth-order valence-electron chi connectivity index (χ4n) is 1.33. The molecule has 20 heavy (non-hydrogen) atoms. The van der Waals surface area contributed by atoms with E-state index in [-0.39, 0.29) is 12.3 Å². The molecule has 1 aromatic carbocycles. The van der Waals surface area contributed by atoms with Crippen LogP contribution in [0.3, 0.4) is 0 Å². The second kappa shape index (κ2) is 6.86. The van der Waals surface area contributed by atoms with Crippen LogP contribution in [-0.2, 0) is 14.8 Å². The molecule has 5 nitrogen and oxygen atoms in total. The van der Waals surface area contributed by atoms with Gasteiger partial charge in [-0.2, -0.15) is 0 Å². The maximum absolute atomic E-state index is 13.4. The lowest BCUT2D eigenvalue weighted by atomic mass is 10.3. The zero-order chi connectivity index (χ0) is 15.3. The monoisotopic (exact) mass is 316 g/mol. The Bertz CT molecular complexity index is 543.